The van der Waals surface area contributed by atoms with Crippen LogP contribution < -0.4 is 5.32 Å². The first-order chi connectivity index (χ1) is 7.78. The largest absolute Gasteiger partial charge is 0.299 e. The van der Waals surface area contributed by atoms with Crippen LogP contribution in [-0.4, -0.2) is 12.1 Å². The fourth-order valence-corrected chi connectivity index (χ4v) is 2.41. The number of benzene rings is 1. The van der Waals surface area contributed by atoms with E-state index in [1.807, 2.05) is 32.0 Å². The fourth-order valence-electron chi connectivity index (χ4n) is 1.59. The zero-order valence-corrected chi connectivity index (χ0v) is 12.4. The quantitative estimate of drug-likeness (QED) is 0.921. The summed E-state index contributed by atoms with van der Waals surface area (Å²) < 4.78 is 1.11. The molecule has 0 saturated heterocycles. The minimum atomic E-state index is -0.488. The van der Waals surface area contributed by atoms with Crippen LogP contribution in [0.2, 0.25) is 0 Å². The SMILES string of the molecule is CC(C)(C#N)NCC(C)(C)c1ccccc1Br. The predicted octanol–water partition coefficient (Wildman–Crippen LogP) is 3.62. The van der Waals surface area contributed by atoms with Crippen molar-refractivity contribution in [1.29, 1.82) is 5.26 Å². The van der Waals surface area contributed by atoms with Gasteiger partial charge in [0.15, 0.2) is 0 Å². The average molecular weight is 295 g/mol. The van der Waals surface area contributed by atoms with Crippen LogP contribution in [0.4, 0.5) is 0 Å². The van der Waals surface area contributed by atoms with Gasteiger partial charge in [0.05, 0.1) is 6.07 Å². The van der Waals surface area contributed by atoms with Crippen LogP contribution in [0.3, 0.4) is 0 Å². The molecule has 0 amide bonds. The molecule has 1 rings (SSSR count). The molecule has 0 aliphatic rings. The first kappa shape index (κ1) is 14.2. The fraction of sp³-hybridized carbons (Fsp3) is 0.500. The van der Waals surface area contributed by atoms with Crippen LogP contribution in [0.25, 0.3) is 0 Å². The normalized spacial score (nSPS) is 12.2. The monoisotopic (exact) mass is 294 g/mol. The lowest BCUT2D eigenvalue weighted by Gasteiger charge is -2.30. The molecular weight excluding hydrogens is 276 g/mol. The van der Waals surface area contributed by atoms with E-state index in [1.54, 1.807) is 0 Å². The van der Waals surface area contributed by atoms with Gasteiger partial charge >= 0.3 is 0 Å². The molecular formula is C14H19BrN2. The Morgan fingerprint density at radius 3 is 2.35 bits per heavy atom. The Labute approximate surface area is 112 Å². The minimum Gasteiger partial charge on any atom is -0.299 e. The molecule has 0 aromatic heterocycles. The maximum absolute atomic E-state index is 8.99. The molecule has 1 aromatic carbocycles. The van der Waals surface area contributed by atoms with Gasteiger partial charge in [-0.1, -0.05) is 48.0 Å². The van der Waals surface area contributed by atoms with Crippen LogP contribution in [0.5, 0.6) is 0 Å². The van der Waals surface area contributed by atoms with Gasteiger partial charge in [0.1, 0.15) is 5.54 Å². The van der Waals surface area contributed by atoms with Crippen LogP contribution in [-0.2, 0) is 5.41 Å². The summed E-state index contributed by atoms with van der Waals surface area (Å²) in [7, 11) is 0. The van der Waals surface area contributed by atoms with E-state index in [-0.39, 0.29) is 5.41 Å². The molecule has 3 heteroatoms. The number of halogens is 1. The van der Waals surface area contributed by atoms with Gasteiger partial charge in [-0.25, -0.2) is 0 Å². The lowest BCUT2D eigenvalue weighted by atomic mass is 9.84. The lowest BCUT2D eigenvalue weighted by molar-refractivity contribution is 0.396. The summed E-state index contributed by atoms with van der Waals surface area (Å²) >= 11 is 3.58. The van der Waals surface area contributed by atoms with Crippen molar-refractivity contribution in [2.24, 2.45) is 0 Å². The summed E-state index contributed by atoms with van der Waals surface area (Å²) in [4.78, 5) is 0. The van der Waals surface area contributed by atoms with Crippen molar-refractivity contribution in [3.05, 3.63) is 34.3 Å². The summed E-state index contributed by atoms with van der Waals surface area (Å²) in [5.74, 6) is 0. The van der Waals surface area contributed by atoms with E-state index in [1.165, 1.54) is 5.56 Å². The van der Waals surface area contributed by atoms with E-state index in [0.29, 0.717) is 0 Å². The Balaban J connectivity index is 2.84. The van der Waals surface area contributed by atoms with Gasteiger partial charge in [-0.2, -0.15) is 5.26 Å². The highest BCUT2D eigenvalue weighted by molar-refractivity contribution is 9.10. The number of nitriles is 1. The van der Waals surface area contributed by atoms with E-state index in [2.05, 4.69) is 47.2 Å². The maximum Gasteiger partial charge on any atom is 0.101 e. The Morgan fingerprint density at radius 2 is 1.82 bits per heavy atom. The number of nitrogens with one attached hydrogen (secondary N) is 1. The topological polar surface area (TPSA) is 35.8 Å². The molecule has 0 heterocycles. The van der Waals surface area contributed by atoms with E-state index in [9.17, 15) is 0 Å². The van der Waals surface area contributed by atoms with Crippen molar-refractivity contribution in [2.75, 3.05) is 6.54 Å². The van der Waals surface area contributed by atoms with Gasteiger partial charge in [-0.3, -0.25) is 5.32 Å². The van der Waals surface area contributed by atoms with Crippen molar-refractivity contribution in [3.63, 3.8) is 0 Å². The third kappa shape index (κ3) is 3.83. The highest BCUT2D eigenvalue weighted by Crippen LogP contribution is 2.29. The standard InChI is InChI=1S/C14H19BrN2/c1-13(2,10-17-14(3,4)9-16)11-7-5-6-8-12(11)15/h5-8,17H,10H2,1-4H3. The summed E-state index contributed by atoms with van der Waals surface area (Å²) in [5.41, 5.74) is 0.744. The summed E-state index contributed by atoms with van der Waals surface area (Å²) in [6, 6.07) is 10.5. The minimum absolute atomic E-state index is 0.0196. The molecule has 92 valence electrons. The average Bonchev–Trinajstić information content (AvgIpc) is 2.27. The molecule has 0 aliphatic carbocycles. The predicted molar refractivity (Wildman–Crippen MR) is 74.9 cm³/mol. The number of rotatable bonds is 4. The van der Waals surface area contributed by atoms with Gasteiger partial charge in [-0.15, -0.1) is 0 Å². The zero-order chi connectivity index (χ0) is 13.1. The molecule has 1 N–H and O–H groups in total. The Kier molecular flexibility index (Phi) is 4.35. The number of hydrogen-bond acceptors (Lipinski definition) is 2. The van der Waals surface area contributed by atoms with E-state index < -0.39 is 5.54 Å². The second-order valence-corrected chi connectivity index (χ2v) is 6.31. The molecule has 0 fully saturated rings. The third-order valence-corrected chi connectivity index (χ3v) is 3.55. The highest BCUT2D eigenvalue weighted by Gasteiger charge is 2.26. The molecule has 0 unspecified atom stereocenters. The van der Waals surface area contributed by atoms with Crippen molar-refractivity contribution < 1.29 is 0 Å². The molecule has 0 saturated carbocycles. The maximum atomic E-state index is 8.99. The summed E-state index contributed by atoms with van der Waals surface area (Å²) in [6.07, 6.45) is 0. The second-order valence-electron chi connectivity index (χ2n) is 5.45. The molecule has 0 bridgehead atoms. The van der Waals surface area contributed by atoms with Crippen molar-refractivity contribution >= 4 is 15.9 Å². The molecule has 2 nitrogen and oxygen atoms in total. The number of hydrogen-bond donors (Lipinski definition) is 1. The molecule has 0 spiro atoms. The van der Waals surface area contributed by atoms with E-state index >= 15 is 0 Å². The van der Waals surface area contributed by atoms with Crippen LogP contribution in [0.15, 0.2) is 28.7 Å². The van der Waals surface area contributed by atoms with Gasteiger partial charge in [0.25, 0.3) is 0 Å². The lowest BCUT2D eigenvalue weighted by Crippen LogP contribution is -2.44. The van der Waals surface area contributed by atoms with Crippen LogP contribution in [0.1, 0.15) is 33.3 Å². The molecule has 1 aromatic rings. The smallest absolute Gasteiger partial charge is 0.101 e. The summed E-state index contributed by atoms with van der Waals surface area (Å²) in [5, 5.41) is 12.3. The number of nitrogens with zero attached hydrogens (tertiary/aromatic N) is 1. The van der Waals surface area contributed by atoms with Crippen molar-refractivity contribution in [2.45, 2.75) is 38.6 Å². The molecule has 17 heavy (non-hydrogen) atoms. The van der Waals surface area contributed by atoms with Crippen molar-refractivity contribution in [1.82, 2.24) is 5.32 Å². The van der Waals surface area contributed by atoms with Gasteiger partial charge in [0, 0.05) is 16.4 Å². The van der Waals surface area contributed by atoms with Crippen LogP contribution >= 0.6 is 15.9 Å². The van der Waals surface area contributed by atoms with Gasteiger partial charge < -0.3 is 0 Å². The van der Waals surface area contributed by atoms with E-state index in [4.69, 9.17) is 5.26 Å². The molecule has 0 atom stereocenters. The Morgan fingerprint density at radius 1 is 1.24 bits per heavy atom. The Hall–Kier alpha value is -0.850. The first-order valence-electron chi connectivity index (χ1n) is 5.70. The molecule has 0 aliphatic heterocycles. The summed E-state index contributed by atoms with van der Waals surface area (Å²) in [6.45, 7) is 8.89. The van der Waals surface area contributed by atoms with E-state index in [0.717, 1.165) is 11.0 Å². The van der Waals surface area contributed by atoms with Crippen LogP contribution in [0, 0.1) is 11.3 Å². The Bertz CT molecular complexity index is 430. The highest BCUT2D eigenvalue weighted by atomic mass is 79.9. The van der Waals surface area contributed by atoms with Gasteiger partial charge in [0.2, 0.25) is 0 Å². The third-order valence-electron chi connectivity index (χ3n) is 2.85. The zero-order valence-electron chi connectivity index (χ0n) is 10.8. The van der Waals surface area contributed by atoms with Crippen molar-refractivity contribution in [3.8, 4) is 6.07 Å². The van der Waals surface area contributed by atoms with Gasteiger partial charge in [-0.05, 0) is 25.5 Å². The first-order valence-corrected chi connectivity index (χ1v) is 6.49. The molecule has 0 radical (unpaired) electrons. The second kappa shape index (κ2) is 5.20.